The third-order valence-corrected chi connectivity index (χ3v) is 3.06. The fraction of sp³-hybridized carbons (Fsp3) is 0.167. The first-order valence-corrected chi connectivity index (χ1v) is 5.32. The van der Waals surface area contributed by atoms with E-state index in [9.17, 15) is 5.26 Å². The Morgan fingerprint density at radius 3 is 3.06 bits per heavy atom. The van der Waals surface area contributed by atoms with E-state index in [4.69, 9.17) is 0 Å². The highest BCUT2D eigenvalue weighted by atomic mass is 15.6. The average Bonchev–Trinajstić information content (AvgIpc) is 2.96. The third kappa shape index (κ3) is 1.31. The van der Waals surface area contributed by atoms with Crippen LogP contribution in [0.2, 0.25) is 0 Å². The molecule has 1 N–H and O–H groups in total. The zero-order chi connectivity index (χ0) is 11.8. The van der Waals surface area contributed by atoms with Crippen molar-refractivity contribution in [3.63, 3.8) is 0 Å². The molecule has 0 radical (unpaired) electrons. The van der Waals surface area contributed by atoms with Gasteiger partial charge in [-0.1, -0.05) is 6.08 Å². The van der Waals surface area contributed by atoms with Gasteiger partial charge in [-0.25, -0.2) is 5.01 Å². The van der Waals surface area contributed by atoms with Crippen LogP contribution in [-0.2, 0) is 0 Å². The van der Waals surface area contributed by atoms with Crippen LogP contribution in [0.15, 0.2) is 48.1 Å². The van der Waals surface area contributed by atoms with Crippen molar-refractivity contribution in [1.82, 2.24) is 20.2 Å². The predicted molar refractivity (Wildman–Crippen MR) is 61.8 cm³/mol. The van der Waals surface area contributed by atoms with Crippen molar-refractivity contribution in [2.24, 2.45) is 0 Å². The number of nitrogens with zero attached hydrogens (tertiary/aromatic N) is 4. The molecule has 0 spiro atoms. The SMILES string of the molecule is CN1C(c2cn[nH]c2)C(C#N)=C2C=CC=CN21. The quantitative estimate of drug-likeness (QED) is 0.786. The number of hydrogen-bond donors (Lipinski definition) is 1. The predicted octanol–water partition coefficient (Wildman–Crippen LogP) is 1.47. The van der Waals surface area contributed by atoms with Crippen LogP contribution in [-0.4, -0.2) is 27.3 Å². The lowest BCUT2D eigenvalue weighted by atomic mass is 10.0. The minimum atomic E-state index is -0.0684. The molecule has 5 nitrogen and oxygen atoms in total. The Morgan fingerprint density at radius 2 is 2.35 bits per heavy atom. The lowest BCUT2D eigenvalue weighted by Crippen LogP contribution is -2.32. The first kappa shape index (κ1) is 9.87. The molecule has 3 rings (SSSR count). The number of hydrazine groups is 1. The van der Waals surface area contributed by atoms with Crippen molar-refractivity contribution in [3.8, 4) is 6.07 Å². The minimum absolute atomic E-state index is 0.0684. The van der Waals surface area contributed by atoms with E-state index in [1.54, 1.807) is 6.20 Å². The molecule has 0 aromatic carbocycles. The van der Waals surface area contributed by atoms with E-state index in [1.807, 2.05) is 47.7 Å². The number of aromatic nitrogens is 2. The van der Waals surface area contributed by atoms with E-state index in [0.29, 0.717) is 0 Å². The molecular weight excluding hydrogens is 214 g/mol. The maximum atomic E-state index is 9.34. The Kier molecular flexibility index (Phi) is 2.10. The number of likely N-dealkylation sites (N-methyl/N-ethyl adjacent to an activating group) is 1. The Hall–Kier alpha value is -2.32. The van der Waals surface area contributed by atoms with Gasteiger partial charge in [-0.2, -0.15) is 10.4 Å². The Morgan fingerprint density at radius 1 is 1.47 bits per heavy atom. The number of rotatable bonds is 1. The fourth-order valence-electron chi connectivity index (χ4n) is 2.29. The van der Waals surface area contributed by atoms with E-state index in [0.717, 1.165) is 16.8 Å². The van der Waals surface area contributed by atoms with Gasteiger partial charge in [0.25, 0.3) is 0 Å². The molecular formula is C12H11N5. The summed E-state index contributed by atoms with van der Waals surface area (Å²) in [6, 6.07) is 2.23. The number of hydrogen-bond acceptors (Lipinski definition) is 4. The smallest absolute Gasteiger partial charge is 0.0991 e. The molecule has 3 heterocycles. The van der Waals surface area contributed by atoms with Crippen LogP contribution in [0.4, 0.5) is 0 Å². The molecule has 5 heteroatoms. The molecule has 0 amide bonds. The van der Waals surface area contributed by atoms with Crippen LogP contribution in [0, 0.1) is 11.3 Å². The summed E-state index contributed by atoms with van der Waals surface area (Å²) < 4.78 is 0. The second kappa shape index (κ2) is 3.61. The number of fused-ring (bicyclic) bond motifs is 1. The maximum absolute atomic E-state index is 9.34. The van der Waals surface area contributed by atoms with E-state index >= 15 is 0 Å². The summed E-state index contributed by atoms with van der Waals surface area (Å²) in [6.45, 7) is 0. The monoisotopic (exact) mass is 225 g/mol. The Labute approximate surface area is 98.9 Å². The van der Waals surface area contributed by atoms with Gasteiger partial charge in [-0.05, 0) is 12.2 Å². The Bertz CT molecular complexity index is 558. The molecule has 0 saturated carbocycles. The van der Waals surface area contributed by atoms with Crippen LogP contribution < -0.4 is 0 Å². The van der Waals surface area contributed by atoms with Gasteiger partial charge >= 0.3 is 0 Å². The highest BCUT2D eigenvalue weighted by molar-refractivity contribution is 5.47. The van der Waals surface area contributed by atoms with Gasteiger partial charge in [0, 0.05) is 25.0 Å². The third-order valence-electron chi connectivity index (χ3n) is 3.06. The molecule has 1 aromatic rings. The van der Waals surface area contributed by atoms with Gasteiger partial charge in [-0.15, -0.1) is 0 Å². The van der Waals surface area contributed by atoms with Gasteiger partial charge < -0.3 is 0 Å². The first-order chi connectivity index (χ1) is 8.33. The van der Waals surface area contributed by atoms with Crippen molar-refractivity contribution >= 4 is 0 Å². The summed E-state index contributed by atoms with van der Waals surface area (Å²) in [7, 11) is 1.96. The fourth-order valence-corrected chi connectivity index (χ4v) is 2.29. The van der Waals surface area contributed by atoms with Crippen LogP contribution >= 0.6 is 0 Å². The molecule has 0 bridgehead atoms. The first-order valence-electron chi connectivity index (χ1n) is 5.32. The molecule has 2 aliphatic heterocycles. The lowest BCUT2D eigenvalue weighted by Gasteiger charge is -2.29. The summed E-state index contributed by atoms with van der Waals surface area (Å²) in [6.07, 6.45) is 11.4. The van der Waals surface area contributed by atoms with Gasteiger partial charge in [0.1, 0.15) is 0 Å². The van der Waals surface area contributed by atoms with E-state index in [1.165, 1.54) is 0 Å². The molecule has 84 valence electrons. The maximum Gasteiger partial charge on any atom is 0.0991 e. The summed E-state index contributed by atoms with van der Waals surface area (Å²) in [5.74, 6) is 0. The van der Waals surface area contributed by atoms with E-state index in [2.05, 4.69) is 16.3 Å². The highest BCUT2D eigenvalue weighted by Crippen LogP contribution is 2.39. The van der Waals surface area contributed by atoms with Crippen molar-refractivity contribution in [2.75, 3.05) is 7.05 Å². The van der Waals surface area contributed by atoms with Crippen molar-refractivity contribution in [2.45, 2.75) is 6.04 Å². The van der Waals surface area contributed by atoms with Crippen LogP contribution in [0.3, 0.4) is 0 Å². The number of nitriles is 1. The highest BCUT2D eigenvalue weighted by Gasteiger charge is 2.36. The Balaban J connectivity index is 2.12. The van der Waals surface area contributed by atoms with Crippen LogP contribution in [0.25, 0.3) is 0 Å². The normalized spacial score (nSPS) is 23.1. The number of nitrogens with one attached hydrogen (secondary N) is 1. The van der Waals surface area contributed by atoms with Gasteiger partial charge in [-0.3, -0.25) is 10.1 Å². The summed E-state index contributed by atoms with van der Waals surface area (Å²) in [5.41, 5.74) is 2.67. The molecule has 1 aromatic heterocycles. The number of aromatic amines is 1. The molecule has 1 unspecified atom stereocenters. The standard InChI is InChI=1S/C12H11N5/c1-16-12(9-7-14-15-8-9)10(6-13)11-4-2-3-5-17(11)16/h2-5,7-8,12H,1H3,(H,14,15). The zero-order valence-electron chi connectivity index (χ0n) is 9.33. The van der Waals surface area contributed by atoms with Gasteiger partial charge in [0.2, 0.25) is 0 Å². The zero-order valence-corrected chi connectivity index (χ0v) is 9.33. The molecule has 0 saturated heterocycles. The van der Waals surface area contributed by atoms with Gasteiger partial charge in [0.15, 0.2) is 0 Å². The number of H-pyrrole nitrogens is 1. The molecule has 17 heavy (non-hydrogen) atoms. The summed E-state index contributed by atoms with van der Waals surface area (Å²) >= 11 is 0. The van der Waals surface area contributed by atoms with Crippen molar-refractivity contribution < 1.29 is 0 Å². The average molecular weight is 225 g/mol. The molecule has 1 atom stereocenters. The molecule has 0 aliphatic carbocycles. The van der Waals surface area contributed by atoms with Crippen molar-refractivity contribution in [3.05, 3.63) is 53.7 Å². The second-order valence-electron chi connectivity index (χ2n) is 3.96. The van der Waals surface area contributed by atoms with Crippen molar-refractivity contribution in [1.29, 1.82) is 5.26 Å². The second-order valence-corrected chi connectivity index (χ2v) is 3.96. The van der Waals surface area contributed by atoms with E-state index in [-0.39, 0.29) is 6.04 Å². The summed E-state index contributed by atoms with van der Waals surface area (Å²) in [4.78, 5) is 0. The molecule has 2 aliphatic rings. The number of allylic oxidation sites excluding steroid dienone is 3. The van der Waals surface area contributed by atoms with E-state index < -0.39 is 0 Å². The lowest BCUT2D eigenvalue weighted by molar-refractivity contribution is 0.0862. The largest absolute Gasteiger partial charge is 0.285 e. The molecule has 0 fully saturated rings. The van der Waals surface area contributed by atoms with Crippen LogP contribution in [0.5, 0.6) is 0 Å². The van der Waals surface area contributed by atoms with Crippen LogP contribution in [0.1, 0.15) is 11.6 Å². The minimum Gasteiger partial charge on any atom is -0.285 e. The summed E-state index contributed by atoms with van der Waals surface area (Å²) in [5, 5.41) is 20.1. The topological polar surface area (TPSA) is 59.0 Å². The van der Waals surface area contributed by atoms with Gasteiger partial charge in [0.05, 0.1) is 29.6 Å².